The lowest BCUT2D eigenvalue weighted by Crippen LogP contribution is -2.53. The number of guanidine groups is 1. The van der Waals surface area contributed by atoms with Gasteiger partial charge in [0.25, 0.3) is 0 Å². The first-order valence-corrected chi connectivity index (χ1v) is 8.70. The first kappa shape index (κ1) is 19.7. The van der Waals surface area contributed by atoms with Crippen molar-refractivity contribution in [2.45, 2.75) is 34.6 Å². The zero-order valence-electron chi connectivity index (χ0n) is 15.8. The van der Waals surface area contributed by atoms with Crippen LogP contribution in [0.3, 0.4) is 0 Å². The van der Waals surface area contributed by atoms with Crippen molar-refractivity contribution < 1.29 is 4.79 Å². The van der Waals surface area contributed by atoms with Gasteiger partial charge in [0, 0.05) is 58.3 Å². The summed E-state index contributed by atoms with van der Waals surface area (Å²) >= 11 is 0. The molecule has 0 aromatic carbocycles. The zero-order chi connectivity index (χ0) is 17.5. The number of carbonyl (C=O) groups excluding carboxylic acids is 1. The fraction of sp³-hybridized carbons (Fsp3) is 0.882. The van der Waals surface area contributed by atoms with Crippen LogP contribution >= 0.6 is 0 Å². The third-order valence-corrected chi connectivity index (χ3v) is 3.88. The van der Waals surface area contributed by atoms with Gasteiger partial charge in [-0.25, -0.2) is 0 Å². The Bertz CT molecular complexity index is 392. The highest BCUT2D eigenvalue weighted by Crippen LogP contribution is 2.11. The van der Waals surface area contributed by atoms with Gasteiger partial charge >= 0.3 is 0 Å². The Labute approximate surface area is 141 Å². The predicted octanol–water partition coefficient (Wildman–Crippen LogP) is 0.998. The molecule has 0 atom stereocenters. The lowest BCUT2D eigenvalue weighted by Gasteiger charge is -2.37. The number of aliphatic imine (C=N–C) groups is 1. The molecule has 0 spiro atoms. The number of hydrogen-bond acceptors (Lipinski definition) is 3. The molecule has 1 rings (SSSR count). The van der Waals surface area contributed by atoms with Crippen LogP contribution in [0.15, 0.2) is 4.99 Å². The van der Waals surface area contributed by atoms with Gasteiger partial charge in [0.05, 0.1) is 0 Å². The van der Waals surface area contributed by atoms with Crippen LogP contribution in [-0.4, -0.2) is 74.5 Å². The minimum absolute atomic E-state index is 0.0802. The first-order valence-electron chi connectivity index (χ1n) is 8.70. The standard InChI is InChI=1S/C17H35N5O/c1-14(2)13-21-9-11-22(12-10-21)16(18-6)20-8-7-19-15(23)17(3,4)5/h14H,7-13H2,1-6H3,(H,18,20)(H,19,23). The molecule has 0 unspecified atom stereocenters. The number of piperazine rings is 1. The first-order chi connectivity index (χ1) is 10.7. The summed E-state index contributed by atoms with van der Waals surface area (Å²) < 4.78 is 0. The SMILES string of the molecule is CN=C(NCCNC(=O)C(C)(C)C)N1CCN(CC(C)C)CC1. The van der Waals surface area contributed by atoms with Crippen molar-refractivity contribution in [1.29, 1.82) is 0 Å². The van der Waals surface area contributed by atoms with Crippen LogP contribution < -0.4 is 10.6 Å². The normalized spacial score (nSPS) is 17.5. The average Bonchev–Trinajstić information content (AvgIpc) is 2.46. The number of nitrogens with zero attached hydrogens (tertiary/aromatic N) is 3. The highest BCUT2D eigenvalue weighted by Gasteiger charge is 2.21. The lowest BCUT2D eigenvalue weighted by molar-refractivity contribution is -0.128. The van der Waals surface area contributed by atoms with Crippen LogP contribution in [0.5, 0.6) is 0 Å². The highest BCUT2D eigenvalue weighted by molar-refractivity contribution is 5.82. The number of nitrogens with one attached hydrogen (secondary N) is 2. The summed E-state index contributed by atoms with van der Waals surface area (Å²) in [5.41, 5.74) is -0.339. The summed E-state index contributed by atoms with van der Waals surface area (Å²) in [7, 11) is 1.82. The largest absolute Gasteiger partial charge is 0.354 e. The second-order valence-electron chi connectivity index (χ2n) is 7.66. The quantitative estimate of drug-likeness (QED) is 0.450. The van der Waals surface area contributed by atoms with Gasteiger partial charge in [-0.3, -0.25) is 14.7 Å². The molecule has 1 aliphatic heterocycles. The highest BCUT2D eigenvalue weighted by atomic mass is 16.2. The van der Waals surface area contributed by atoms with Crippen LogP contribution in [0.4, 0.5) is 0 Å². The van der Waals surface area contributed by atoms with Crippen LogP contribution in [0.1, 0.15) is 34.6 Å². The third-order valence-electron chi connectivity index (χ3n) is 3.88. The maximum absolute atomic E-state index is 11.8. The van der Waals surface area contributed by atoms with E-state index in [2.05, 4.69) is 39.3 Å². The van der Waals surface area contributed by atoms with Gasteiger partial charge in [-0.2, -0.15) is 0 Å². The molecular weight excluding hydrogens is 290 g/mol. The fourth-order valence-electron chi connectivity index (χ4n) is 2.61. The van der Waals surface area contributed by atoms with E-state index in [-0.39, 0.29) is 11.3 Å². The Hall–Kier alpha value is -1.30. The van der Waals surface area contributed by atoms with Crippen LogP contribution in [0.2, 0.25) is 0 Å². The van der Waals surface area contributed by atoms with Gasteiger partial charge in [0.2, 0.25) is 5.91 Å². The molecule has 1 fully saturated rings. The van der Waals surface area contributed by atoms with E-state index < -0.39 is 0 Å². The summed E-state index contributed by atoms with van der Waals surface area (Å²) in [4.78, 5) is 21.0. The van der Waals surface area contributed by atoms with E-state index in [1.54, 1.807) is 0 Å². The summed E-state index contributed by atoms with van der Waals surface area (Å²) in [6.07, 6.45) is 0. The van der Waals surface area contributed by atoms with Crippen molar-refractivity contribution in [3.05, 3.63) is 0 Å². The fourth-order valence-corrected chi connectivity index (χ4v) is 2.61. The minimum Gasteiger partial charge on any atom is -0.354 e. The van der Waals surface area contributed by atoms with Crippen molar-refractivity contribution in [1.82, 2.24) is 20.4 Å². The summed E-state index contributed by atoms with van der Waals surface area (Å²) in [5, 5.41) is 6.29. The van der Waals surface area contributed by atoms with Gasteiger partial charge in [0.1, 0.15) is 0 Å². The van der Waals surface area contributed by atoms with Gasteiger partial charge in [-0.15, -0.1) is 0 Å². The Morgan fingerprint density at radius 3 is 2.13 bits per heavy atom. The third kappa shape index (κ3) is 7.20. The predicted molar refractivity (Wildman–Crippen MR) is 96.7 cm³/mol. The average molecular weight is 326 g/mol. The van der Waals surface area contributed by atoms with Crippen molar-refractivity contribution >= 4 is 11.9 Å². The summed E-state index contributed by atoms with van der Waals surface area (Å²) in [6, 6.07) is 0. The molecule has 1 saturated heterocycles. The van der Waals surface area contributed by atoms with Gasteiger partial charge in [-0.05, 0) is 5.92 Å². The molecule has 134 valence electrons. The molecule has 0 saturated carbocycles. The Kier molecular flexibility index (Phi) is 7.82. The Morgan fingerprint density at radius 1 is 1.09 bits per heavy atom. The molecule has 1 heterocycles. The molecule has 0 aromatic rings. The number of hydrogen-bond donors (Lipinski definition) is 2. The monoisotopic (exact) mass is 325 g/mol. The molecule has 23 heavy (non-hydrogen) atoms. The summed E-state index contributed by atoms with van der Waals surface area (Å²) in [5.74, 6) is 1.72. The van der Waals surface area contributed by atoms with Crippen molar-refractivity contribution in [3.8, 4) is 0 Å². The second kappa shape index (κ2) is 9.11. The summed E-state index contributed by atoms with van der Waals surface area (Å²) in [6.45, 7) is 16.9. The maximum atomic E-state index is 11.8. The molecule has 6 nitrogen and oxygen atoms in total. The van der Waals surface area contributed by atoms with Gasteiger partial charge < -0.3 is 15.5 Å². The van der Waals surface area contributed by atoms with E-state index in [9.17, 15) is 4.79 Å². The number of rotatable bonds is 5. The Balaban J connectivity index is 2.29. The van der Waals surface area contributed by atoms with E-state index in [1.165, 1.54) is 6.54 Å². The lowest BCUT2D eigenvalue weighted by atomic mass is 9.96. The van der Waals surface area contributed by atoms with E-state index in [0.29, 0.717) is 19.0 Å². The van der Waals surface area contributed by atoms with Crippen LogP contribution in [0.25, 0.3) is 0 Å². The Morgan fingerprint density at radius 2 is 1.65 bits per heavy atom. The topological polar surface area (TPSA) is 60.0 Å². The van der Waals surface area contributed by atoms with Crippen molar-refractivity contribution in [2.24, 2.45) is 16.3 Å². The number of carbonyl (C=O) groups is 1. The molecule has 6 heteroatoms. The molecule has 0 radical (unpaired) electrons. The number of amides is 1. The molecule has 1 amide bonds. The van der Waals surface area contributed by atoms with E-state index in [0.717, 1.165) is 32.1 Å². The van der Waals surface area contributed by atoms with Crippen LogP contribution in [0, 0.1) is 11.3 Å². The maximum Gasteiger partial charge on any atom is 0.225 e. The molecule has 2 N–H and O–H groups in total. The van der Waals surface area contributed by atoms with E-state index in [4.69, 9.17) is 0 Å². The smallest absolute Gasteiger partial charge is 0.225 e. The molecular formula is C17H35N5O. The molecule has 1 aliphatic rings. The molecule has 0 aromatic heterocycles. The van der Waals surface area contributed by atoms with E-state index >= 15 is 0 Å². The molecule has 0 aliphatic carbocycles. The zero-order valence-corrected chi connectivity index (χ0v) is 15.8. The minimum atomic E-state index is -0.339. The van der Waals surface area contributed by atoms with Crippen molar-refractivity contribution in [3.63, 3.8) is 0 Å². The van der Waals surface area contributed by atoms with Gasteiger partial charge in [-0.1, -0.05) is 34.6 Å². The molecule has 0 bridgehead atoms. The van der Waals surface area contributed by atoms with Crippen molar-refractivity contribution in [2.75, 3.05) is 52.9 Å². The van der Waals surface area contributed by atoms with Gasteiger partial charge in [0.15, 0.2) is 5.96 Å². The second-order valence-corrected chi connectivity index (χ2v) is 7.66. The van der Waals surface area contributed by atoms with Crippen LogP contribution in [-0.2, 0) is 4.79 Å². The van der Waals surface area contributed by atoms with E-state index in [1.807, 2.05) is 27.8 Å².